The molecule has 0 bridgehead atoms. The van der Waals surface area contributed by atoms with Gasteiger partial charge >= 0.3 is 0 Å². The summed E-state index contributed by atoms with van der Waals surface area (Å²) in [5.41, 5.74) is 0. The van der Waals surface area contributed by atoms with E-state index in [9.17, 15) is 13.2 Å². The van der Waals surface area contributed by atoms with Crippen molar-refractivity contribution >= 4 is 0 Å². The zero-order valence-corrected chi connectivity index (χ0v) is 13.0. The van der Waals surface area contributed by atoms with Crippen LogP contribution in [-0.4, -0.2) is 18.5 Å². The summed E-state index contributed by atoms with van der Waals surface area (Å²) >= 11 is 0. The second kappa shape index (κ2) is 6.91. The molecule has 0 aliphatic heterocycles. The minimum atomic E-state index is -1.42. The number of hydrogen-bond donors (Lipinski definition) is 0. The first-order valence-electron chi connectivity index (χ1n) is 9.09. The van der Waals surface area contributed by atoms with E-state index in [4.69, 9.17) is 0 Å². The van der Waals surface area contributed by atoms with Crippen LogP contribution in [0, 0.1) is 23.7 Å². The Kier molecular flexibility index (Phi) is 5.16. The highest BCUT2D eigenvalue weighted by atomic mass is 19.2. The van der Waals surface area contributed by atoms with E-state index in [1.54, 1.807) is 0 Å². The van der Waals surface area contributed by atoms with Crippen molar-refractivity contribution < 1.29 is 13.2 Å². The smallest absolute Gasteiger partial charge is 0.134 e. The molecule has 21 heavy (non-hydrogen) atoms. The molecule has 0 saturated heterocycles. The van der Waals surface area contributed by atoms with Crippen LogP contribution in [0.5, 0.6) is 0 Å². The highest BCUT2D eigenvalue weighted by Crippen LogP contribution is 2.46. The Hall–Kier alpha value is -0.210. The van der Waals surface area contributed by atoms with E-state index in [1.165, 1.54) is 32.1 Å². The van der Waals surface area contributed by atoms with E-state index in [2.05, 4.69) is 0 Å². The van der Waals surface area contributed by atoms with Crippen molar-refractivity contribution in [2.24, 2.45) is 23.7 Å². The SMILES string of the molecule is FC1CCCC(C2CCC(C3CCCCC3)CC2F)C1F. The molecule has 3 heteroatoms. The molecular formula is C18H29F3. The van der Waals surface area contributed by atoms with Crippen molar-refractivity contribution in [2.45, 2.75) is 89.1 Å². The molecule has 6 unspecified atom stereocenters. The summed E-state index contributed by atoms with van der Waals surface area (Å²) in [6.45, 7) is 0. The largest absolute Gasteiger partial charge is 0.247 e. The summed E-state index contributed by atoms with van der Waals surface area (Å²) in [5.74, 6) is 0.605. The van der Waals surface area contributed by atoms with Crippen molar-refractivity contribution in [1.82, 2.24) is 0 Å². The molecule has 122 valence electrons. The maximum atomic E-state index is 14.6. The van der Waals surface area contributed by atoms with Crippen LogP contribution in [0.15, 0.2) is 0 Å². The fourth-order valence-electron chi connectivity index (χ4n) is 5.27. The van der Waals surface area contributed by atoms with Crippen molar-refractivity contribution in [3.63, 3.8) is 0 Å². The summed E-state index contributed by atoms with van der Waals surface area (Å²) in [4.78, 5) is 0. The number of alkyl halides is 3. The minimum Gasteiger partial charge on any atom is -0.247 e. The summed E-state index contributed by atoms with van der Waals surface area (Å²) in [6.07, 6.45) is 6.89. The topological polar surface area (TPSA) is 0 Å². The van der Waals surface area contributed by atoms with E-state index in [0.717, 1.165) is 19.3 Å². The van der Waals surface area contributed by atoms with Gasteiger partial charge in [-0.05, 0) is 55.8 Å². The van der Waals surface area contributed by atoms with Crippen molar-refractivity contribution in [1.29, 1.82) is 0 Å². The van der Waals surface area contributed by atoms with E-state index in [1.807, 2.05) is 0 Å². The Balaban J connectivity index is 1.57. The molecule has 0 aromatic heterocycles. The first kappa shape index (κ1) is 15.7. The Morgan fingerprint density at radius 2 is 1.29 bits per heavy atom. The molecule has 3 saturated carbocycles. The molecule has 0 aromatic rings. The third-order valence-electron chi connectivity index (χ3n) is 6.50. The fraction of sp³-hybridized carbons (Fsp3) is 1.00. The normalized spacial score (nSPS) is 46.4. The average Bonchev–Trinajstić information content (AvgIpc) is 2.51. The van der Waals surface area contributed by atoms with Crippen LogP contribution in [0.3, 0.4) is 0 Å². The molecule has 0 N–H and O–H groups in total. The predicted molar refractivity (Wildman–Crippen MR) is 79.4 cm³/mol. The van der Waals surface area contributed by atoms with Gasteiger partial charge in [0.1, 0.15) is 18.5 Å². The lowest BCUT2D eigenvalue weighted by Crippen LogP contribution is -2.42. The number of hydrogen-bond acceptors (Lipinski definition) is 0. The van der Waals surface area contributed by atoms with Gasteiger partial charge < -0.3 is 0 Å². The minimum absolute atomic E-state index is 0.224. The molecule has 6 atom stereocenters. The van der Waals surface area contributed by atoms with Crippen molar-refractivity contribution in [2.75, 3.05) is 0 Å². The van der Waals surface area contributed by atoms with Gasteiger partial charge in [0, 0.05) is 0 Å². The summed E-state index contributed by atoms with van der Waals surface area (Å²) in [5, 5.41) is 0. The van der Waals surface area contributed by atoms with Gasteiger partial charge in [0.2, 0.25) is 0 Å². The third kappa shape index (κ3) is 3.42. The van der Waals surface area contributed by atoms with Crippen LogP contribution in [0.1, 0.15) is 70.6 Å². The van der Waals surface area contributed by atoms with Gasteiger partial charge in [-0.25, -0.2) is 13.2 Å². The molecule has 0 spiro atoms. The lowest BCUT2D eigenvalue weighted by molar-refractivity contribution is -0.0194. The van der Waals surface area contributed by atoms with Crippen molar-refractivity contribution in [3.8, 4) is 0 Å². The predicted octanol–water partition coefficient (Wildman–Crippen LogP) is 5.80. The Morgan fingerprint density at radius 1 is 0.524 bits per heavy atom. The summed E-state index contributed by atoms with van der Waals surface area (Å²) in [7, 11) is 0. The van der Waals surface area contributed by atoms with E-state index < -0.39 is 18.5 Å². The second-order valence-electron chi connectivity index (χ2n) is 7.71. The van der Waals surface area contributed by atoms with Gasteiger partial charge in [0.05, 0.1) is 0 Å². The van der Waals surface area contributed by atoms with E-state index in [-0.39, 0.29) is 11.8 Å². The number of halogens is 3. The molecule has 3 aliphatic rings. The lowest BCUT2D eigenvalue weighted by Gasteiger charge is -2.43. The van der Waals surface area contributed by atoms with Gasteiger partial charge in [0.15, 0.2) is 0 Å². The Labute approximate surface area is 126 Å². The zero-order chi connectivity index (χ0) is 14.8. The molecule has 0 amide bonds. The molecule has 3 fully saturated rings. The quantitative estimate of drug-likeness (QED) is 0.605. The molecule has 0 aromatic carbocycles. The van der Waals surface area contributed by atoms with Gasteiger partial charge in [-0.2, -0.15) is 0 Å². The van der Waals surface area contributed by atoms with Crippen LogP contribution < -0.4 is 0 Å². The first-order chi connectivity index (χ1) is 10.2. The van der Waals surface area contributed by atoms with Gasteiger partial charge in [-0.3, -0.25) is 0 Å². The summed E-state index contributed by atoms with van der Waals surface area (Å²) < 4.78 is 42.3. The zero-order valence-electron chi connectivity index (χ0n) is 13.0. The summed E-state index contributed by atoms with van der Waals surface area (Å²) in [6, 6.07) is 0. The first-order valence-corrected chi connectivity index (χ1v) is 9.09. The maximum absolute atomic E-state index is 14.6. The van der Waals surface area contributed by atoms with E-state index in [0.29, 0.717) is 31.1 Å². The second-order valence-corrected chi connectivity index (χ2v) is 7.71. The lowest BCUT2D eigenvalue weighted by atomic mass is 9.65. The fourth-order valence-corrected chi connectivity index (χ4v) is 5.27. The van der Waals surface area contributed by atoms with Gasteiger partial charge in [0.25, 0.3) is 0 Å². The van der Waals surface area contributed by atoms with Crippen LogP contribution in [0.25, 0.3) is 0 Å². The maximum Gasteiger partial charge on any atom is 0.134 e. The van der Waals surface area contributed by atoms with Crippen molar-refractivity contribution in [3.05, 3.63) is 0 Å². The Morgan fingerprint density at radius 3 is 2.00 bits per heavy atom. The highest BCUT2D eigenvalue weighted by Gasteiger charge is 2.44. The molecule has 0 heterocycles. The third-order valence-corrected chi connectivity index (χ3v) is 6.50. The van der Waals surface area contributed by atoms with Gasteiger partial charge in [-0.15, -0.1) is 0 Å². The van der Waals surface area contributed by atoms with Crippen LogP contribution >= 0.6 is 0 Å². The molecule has 0 radical (unpaired) electrons. The number of rotatable bonds is 2. The van der Waals surface area contributed by atoms with Crippen LogP contribution in [0.2, 0.25) is 0 Å². The standard InChI is InChI=1S/C18H29F3/c19-16-8-4-7-15(18(16)21)14-10-9-13(11-17(14)20)12-5-2-1-3-6-12/h12-18H,1-11H2. The highest BCUT2D eigenvalue weighted by molar-refractivity contribution is 4.93. The molecule has 3 aliphatic carbocycles. The van der Waals surface area contributed by atoms with Gasteiger partial charge in [-0.1, -0.05) is 38.5 Å². The molecule has 0 nitrogen and oxygen atoms in total. The van der Waals surface area contributed by atoms with Crippen LogP contribution in [-0.2, 0) is 0 Å². The Bertz CT molecular complexity index is 326. The van der Waals surface area contributed by atoms with Crippen LogP contribution in [0.4, 0.5) is 13.2 Å². The average molecular weight is 302 g/mol. The van der Waals surface area contributed by atoms with E-state index >= 15 is 0 Å². The monoisotopic (exact) mass is 302 g/mol. The molecule has 3 rings (SSSR count). The molecular weight excluding hydrogens is 273 g/mol.